The molecule has 0 fully saturated rings. The Morgan fingerprint density at radius 2 is 0.771 bits per heavy atom. The van der Waals surface area contributed by atoms with E-state index in [-0.39, 0.29) is 19.2 Å². The Morgan fingerprint density at radius 1 is 0.514 bits per heavy atom. The first-order valence-electron chi connectivity index (χ1n) is 12.4. The van der Waals surface area contributed by atoms with Gasteiger partial charge in [0, 0.05) is 0 Å². The van der Waals surface area contributed by atoms with Gasteiger partial charge >= 0.3 is 5.97 Å². The van der Waals surface area contributed by atoms with Crippen molar-refractivity contribution < 1.29 is 52.5 Å². The number of aliphatic hydroxyl groups is 1. The SMILES string of the molecule is CCC(C)(C)C(=O)OCCOCCOCCOCCOCCOCCOCCOCCOCCO. The lowest BCUT2D eigenvalue weighted by Gasteiger charge is -2.20. The number of ether oxygens (including phenoxy) is 9. The molecule has 210 valence electrons. The van der Waals surface area contributed by atoms with E-state index < -0.39 is 5.41 Å². The Kier molecular flexibility index (Phi) is 25.5. The first kappa shape index (κ1) is 34.1. The van der Waals surface area contributed by atoms with E-state index in [2.05, 4.69) is 0 Å². The lowest BCUT2D eigenvalue weighted by atomic mass is 9.91. The van der Waals surface area contributed by atoms with Gasteiger partial charge < -0.3 is 47.7 Å². The summed E-state index contributed by atoms with van der Waals surface area (Å²) in [5, 5.41) is 8.55. The van der Waals surface area contributed by atoms with E-state index in [1.54, 1.807) is 0 Å². The van der Waals surface area contributed by atoms with E-state index in [4.69, 9.17) is 47.7 Å². The van der Waals surface area contributed by atoms with Crippen LogP contribution in [-0.2, 0) is 47.4 Å². The fraction of sp³-hybridized carbons (Fsp3) is 0.958. The lowest BCUT2D eigenvalue weighted by molar-refractivity contribution is -0.155. The van der Waals surface area contributed by atoms with Gasteiger partial charge in [-0.3, -0.25) is 4.79 Å². The molecule has 0 heterocycles. The fourth-order valence-corrected chi connectivity index (χ4v) is 2.24. The molecule has 0 amide bonds. The molecule has 0 aromatic heterocycles. The Morgan fingerprint density at radius 3 is 1.03 bits per heavy atom. The van der Waals surface area contributed by atoms with Crippen LogP contribution in [0.1, 0.15) is 27.2 Å². The van der Waals surface area contributed by atoms with Gasteiger partial charge in [0.05, 0.1) is 118 Å². The van der Waals surface area contributed by atoms with Crippen LogP contribution in [0.5, 0.6) is 0 Å². The molecule has 0 saturated carbocycles. The van der Waals surface area contributed by atoms with Gasteiger partial charge in [0.1, 0.15) is 6.61 Å². The van der Waals surface area contributed by atoms with Gasteiger partial charge in [-0.15, -0.1) is 0 Å². The smallest absolute Gasteiger partial charge is 0.311 e. The van der Waals surface area contributed by atoms with Crippen molar-refractivity contribution in [3.05, 3.63) is 0 Å². The zero-order valence-corrected chi connectivity index (χ0v) is 22.0. The molecule has 0 bridgehead atoms. The van der Waals surface area contributed by atoms with Gasteiger partial charge in [-0.05, 0) is 20.3 Å². The molecule has 0 aliphatic heterocycles. The first-order valence-corrected chi connectivity index (χ1v) is 12.4. The normalized spacial score (nSPS) is 11.8. The standard InChI is InChI=1S/C24H48O11/c1-4-24(2,3)23(26)35-22-21-34-20-19-33-18-17-32-16-15-31-14-13-30-12-11-29-10-9-28-8-7-27-6-5-25/h25H,4-22H2,1-3H3. The second kappa shape index (κ2) is 26.2. The van der Waals surface area contributed by atoms with Crippen molar-refractivity contribution >= 4 is 5.97 Å². The van der Waals surface area contributed by atoms with Gasteiger partial charge in [-0.2, -0.15) is 0 Å². The van der Waals surface area contributed by atoms with Crippen LogP contribution in [0.25, 0.3) is 0 Å². The van der Waals surface area contributed by atoms with E-state index in [0.717, 1.165) is 6.42 Å². The molecular weight excluding hydrogens is 464 g/mol. The fourth-order valence-electron chi connectivity index (χ4n) is 2.24. The van der Waals surface area contributed by atoms with Crippen LogP contribution in [0.3, 0.4) is 0 Å². The molecule has 0 spiro atoms. The molecule has 11 nitrogen and oxygen atoms in total. The van der Waals surface area contributed by atoms with E-state index in [1.807, 2.05) is 20.8 Å². The van der Waals surface area contributed by atoms with Crippen LogP contribution in [0, 0.1) is 5.41 Å². The molecule has 0 unspecified atom stereocenters. The summed E-state index contributed by atoms with van der Waals surface area (Å²) in [6.07, 6.45) is 0.739. The Balaban J connectivity index is 3.12. The highest BCUT2D eigenvalue weighted by Gasteiger charge is 2.26. The van der Waals surface area contributed by atoms with Crippen molar-refractivity contribution in [2.45, 2.75) is 27.2 Å². The summed E-state index contributed by atoms with van der Waals surface area (Å²) in [7, 11) is 0. The minimum atomic E-state index is -0.452. The number of carbonyl (C=O) groups is 1. The molecule has 0 rings (SSSR count). The summed E-state index contributed by atoms with van der Waals surface area (Å²) in [5.74, 6) is -0.199. The summed E-state index contributed by atoms with van der Waals surface area (Å²) in [6, 6.07) is 0. The van der Waals surface area contributed by atoms with Gasteiger partial charge in [0.25, 0.3) is 0 Å². The number of carbonyl (C=O) groups excluding carboxylic acids is 1. The minimum absolute atomic E-state index is 0.0247. The van der Waals surface area contributed by atoms with Crippen LogP contribution < -0.4 is 0 Å². The molecular formula is C24H48O11. The van der Waals surface area contributed by atoms with Crippen LogP contribution in [0.2, 0.25) is 0 Å². The predicted octanol–water partition coefficient (Wildman–Crippen LogP) is 1.09. The highest BCUT2D eigenvalue weighted by Crippen LogP contribution is 2.21. The van der Waals surface area contributed by atoms with Crippen LogP contribution in [0.15, 0.2) is 0 Å². The summed E-state index contributed by atoms with van der Waals surface area (Å²) in [6.45, 7) is 13.5. The third-order valence-corrected chi connectivity index (χ3v) is 4.74. The van der Waals surface area contributed by atoms with Crippen molar-refractivity contribution in [1.29, 1.82) is 0 Å². The zero-order chi connectivity index (χ0) is 25.9. The van der Waals surface area contributed by atoms with E-state index in [9.17, 15) is 4.79 Å². The Bertz CT molecular complexity index is 449. The first-order chi connectivity index (χ1) is 17.0. The maximum atomic E-state index is 11.8. The molecule has 0 radical (unpaired) electrons. The molecule has 0 aliphatic carbocycles. The second-order valence-corrected chi connectivity index (χ2v) is 8.00. The Labute approximate surface area is 210 Å². The minimum Gasteiger partial charge on any atom is -0.463 e. The van der Waals surface area contributed by atoms with Gasteiger partial charge in [0.15, 0.2) is 0 Å². The van der Waals surface area contributed by atoms with Crippen molar-refractivity contribution in [2.75, 3.05) is 119 Å². The third kappa shape index (κ3) is 24.6. The molecule has 0 aliphatic rings. The summed E-state index contributed by atoms with van der Waals surface area (Å²) >= 11 is 0. The van der Waals surface area contributed by atoms with Crippen LogP contribution in [-0.4, -0.2) is 130 Å². The molecule has 35 heavy (non-hydrogen) atoms. The quantitative estimate of drug-likeness (QED) is 0.120. The summed E-state index contributed by atoms with van der Waals surface area (Å²) in [5.41, 5.74) is -0.452. The average molecular weight is 513 g/mol. The van der Waals surface area contributed by atoms with E-state index in [0.29, 0.717) is 106 Å². The topological polar surface area (TPSA) is 120 Å². The number of aliphatic hydroxyl groups excluding tert-OH is 1. The lowest BCUT2D eigenvalue weighted by Crippen LogP contribution is -2.27. The predicted molar refractivity (Wildman–Crippen MR) is 129 cm³/mol. The van der Waals surface area contributed by atoms with Crippen molar-refractivity contribution in [3.63, 3.8) is 0 Å². The molecule has 0 aromatic rings. The number of hydrogen-bond donors (Lipinski definition) is 1. The summed E-state index contributed by atoms with van der Waals surface area (Å²) < 4.78 is 48.0. The van der Waals surface area contributed by atoms with Gasteiger partial charge in [0.2, 0.25) is 0 Å². The van der Waals surface area contributed by atoms with Crippen LogP contribution in [0.4, 0.5) is 0 Å². The Hall–Kier alpha value is -0.890. The van der Waals surface area contributed by atoms with Gasteiger partial charge in [-0.1, -0.05) is 6.92 Å². The second-order valence-electron chi connectivity index (χ2n) is 8.00. The number of rotatable bonds is 28. The summed E-state index contributed by atoms with van der Waals surface area (Å²) in [4.78, 5) is 11.8. The zero-order valence-electron chi connectivity index (χ0n) is 22.0. The highest BCUT2D eigenvalue weighted by molar-refractivity contribution is 5.75. The van der Waals surface area contributed by atoms with Crippen molar-refractivity contribution in [2.24, 2.45) is 5.41 Å². The maximum Gasteiger partial charge on any atom is 0.311 e. The van der Waals surface area contributed by atoms with Crippen LogP contribution >= 0.6 is 0 Å². The molecule has 0 atom stereocenters. The van der Waals surface area contributed by atoms with Crippen molar-refractivity contribution in [3.8, 4) is 0 Å². The van der Waals surface area contributed by atoms with Crippen molar-refractivity contribution in [1.82, 2.24) is 0 Å². The third-order valence-electron chi connectivity index (χ3n) is 4.74. The van der Waals surface area contributed by atoms with E-state index in [1.165, 1.54) is 0 Å². The molecule has 1 N–H and O–H groups in total. The monoisotopic (exact) mass is 512 g/mol. The molecule has 11 heteroatoms. The number of esters is 1. The van der Waals surface area contributed by atoms with E-state index >= 15 is 0 Å². The van der Waals surface area contributed by atoms with Gasteiger partial charge in [-0.25, -0.2) is 0 Å². The molecule has 0 saturated heterocycles. The number of hydrogen-bond acceptors (Lipinski definition) is 11. The highest BCUT2D eigenvalue weighted by atomic mass is 16.6. The maximum absolute atomic E-state index is 11.8. The molecule has 0 aromatic carbocycles. The largest absolute Gasteiger partial charge is 0.463 e. The average Bonchev–Trinajstić information content (AvgIpc) is 2.86.